The van der Waals surface area contributed by atoms with Gasteiger partial charge in [-0.15, -0.1) is 0 Å². The molecule has 6 heteroatoms. The molecular weight excluding hydrogens is 457 g/mol. The molecule has 5 nitrogen and oxygen atoms in total. The van der Waals surface area contributed by atoms with Gasteiger partial charge in [0.05, 0.1) is 24.5 Å². The molecule has 1 aromatic heterocycles. The summed E-state index contributed by atoms with van der Waals surface area (Å²) >= 11 is 2.21. The molecule has 0 amide bonds. The Bertz CT molecular complexity index is 930. The number of ether oxygens (including phenoxy) is 3. The molecule has 1 N–H and O–H groups in total. The van der Waals surface area contributed by atoms with E-state index in [0.717, 1.165) is 37.5 Å². The molecule has 1 heterocycles. The molecule has 0 radical (unpaired) electrons. The van der Waals surface area contributed by atoms with Gasteiger partial charge in [-0.25, -0.2) is 4.79 Å². The summed E-state index contributed by atoms with van der Waals surface area (Å²) in [5.74, 6) is 1.16. The van der Waals surface area contributed by atoms with Gasteiger partial charge in [-0.3, -0.25) is 0 Å². The first-order valence-electron chi connectivity index (χ1n) is 8.46. The molecule has 0 spiro atoms. The zero-order valence-electron chi connectivity index (χ0n) is 15.3. The first-order chi connectivity index (χ1) is 13.1. The molecule has 0 atom stereocenters. The van der Waals surface area contributed by atoms with E-state index in [4.69, 9.17) is 14.2 Å². The van der Waals surface area contributed by atoms with E-state index < -0.39 is 0 Å². The van der Waals surface area contributed by atoms with Crippen LogP contribution in [0.5, 0.6) is 11.5 Å². The van der Waals surface area contributed by atoms with Crippen LogP contribution in [0.4, 0.5) is 0 Å². The van der Waals surface area contributed by atoms with Gasteiger partial charge in [0.15, 0.2) is 0 Å². The van der Waals surface area contributed by atoms with Gasteiger partial charge in [0.25, 0.3) is 0 Å². The Balaban J connectivity index is 2.20. The summed E-state index contributed by atoms with van der Waals surface area (Å²) in [4.78, 5) is 15.8. The average molecular weight is 477 g/mol. The second-order valence-corrected chi connectivity index (χ2v) is 6.82. The lowest BCUT2D eigenvalue weighted by atomic mass is 9.96. The van der Waals surface area contributed by atoms with Crippen molar-refractivity contribution in [3.8, 4) is 33.8 Å². The highest BCUT2D eigenvalue weighted by molar-refractivity contribution is 14.1. The van der Waals surface area contributed by atoms with E-state index >= 15 is 0 Å². The van der Waals surface area contributed by atoms with E-state index in [1.165, 1.54) is 0 Å². The number of halogens is 1. The molecule has 0 bridgehead atoms. The third-order valence-corrected chi connectivity index (χ3v) is 5.00. The van der Waals surface area contributed by atoms with Crippen molar-refractivity contribution < 1.29 is 19.0 Å². The molecule has 140 valence electrons. The summed E-state index contributed by atoms with van der Waals surface area (Å²) in [5, 5.41) is 0. The number of aromatic amines is 1. The van der Waals surface area contributed by atoms with Crippen molar-refractivity contribution in [3.05, 3.63) is 57.9 Å². The topological polar surface area (TPSA) is 60.6 Å². The SMILES string of the molecule is CCOC(=O)c1[nH]c(I)c(-c2ccc(OC)cc2)c1-c1ccc(OC)cc1. The lowest BCUT2D eigenvalue weighted by Gasteiger charge is -2.10. The number of hydrogen-bond acceptors (Lipinski definition) is 4. The summed E-state index contributed by atoms with van der Waals surface area (Å²) in [6.45, 7) is 2.11. The number of rotatable bonds is 6. The van der Waals surface area contributed by atoms with Gasteiger partial charge in [-0.05, 0) is 64.9 Å². The lowest BCUT2D eigenvalue weighted by molar-refractivity contribution is 0.0521. The Morgan fingerprint density at radius 1 is 0.889 bits per heavy atom. The summed E-state index contributed by atoms with van der Waals surface area (Å²) in [5.41, 5.74) is 4.09. The fraction of sp³-hybridized carbons (Fsp3) is 0.190. The summed E-state index contributed by atoms with van der Waals surface area (Å²) in [6.07, 6.45) is 0. The maximum Gasteiger partial charge on any atom is 0.355 e. The molecule has 2 aromatic carbocycles. The van der Waals surface area contributed by atoms with Gasteiger partial charge < -0.3 is 19.2 Å². The minimum Gasteiger partial charge on any atom is -0.497 e. The Hall–Kier alpha value is -2.48. The van der Waals surface area contributed by atoms with E-state index in [-0.39, 0.29) is 5.97 Å². The van der Waals surface area contributed by atoms with Crippen molar-refractivity contribution in [2.75, 3.05) is 20.8 Å². The van der Waals surface area contributed by atoms with E-state index in [2.05, 4.69) is 27.6 Å². The molecule has 0 aliphatic carbocycles. The fourth-order valence-electron chi connectivity index (χ4n) is 2.90. The summed E-state index contributed by atoms with van der Waals surface area (Å²) < 4.78 is 16.6. The van der Waals surface area contributed by atoms with Crippen LogP contribution in [-0.4, -0.2) is 31.8 Å². The molecule has 0 aliphatic rings. The standard InChI is InChI=1S/C21H20INO4/c1-4-27-21(24)19-17(13-5-9-15(25-2)10-6-13)18(20(22)23-19)14-7-11-16(26-3)12-8-14/h5-12,23H,4H2,1-3H3. The number of aromatic nitrogens is 1. The van der Waals surface area contributed by atoms with Crippen LogP contribution in [0, 0.1) is 3.70 Å². The number of esters is 1. The Morgan fingerprint density at radius 2 is 1.37 bits per heavy atom. The largest absolute Gasteiger partial charge is 0.497 e. The van der Waals surface area contributed by atoms with E-state index in [1.54, 1.807) is 21.1 Å². The molecule has 0 saturated carbocycles. The van der Waals surface area contributed by atoms with Crippen LogP contribution >= 0.6 is 22.6 Å². The second kappa shape index (κ2) is 8.47. The van der Waals surface area contributed by atoms with Crippen LogP contribution < -0.4 is 9.47 Å². The highest BCUT2D eigenvalue weighted by Gasteiger charge is 2.24. The van der Waals surface area contributed by atoms with E-state index in [1.807, 2.05) is 48.5 Å². The second-order valence-electron chi connectivity index (χ2n) is 5.74. The smallest absolute Gasteiger partial charge is 0.355 e. The van der Waals surface area contributed by atoms with Gasteiger partial charge in [0.1, 0.15) is 17.2 Å². The lowest BCUT2D eigenvalue weighted by Crippen LogP contribution is -2.06. The first-order valence-corrected chi connectivity index (χ1v) is 9.54. The van der Waals surface area contributed by atoms with Crippen LogP contribution in [0.25, 0.3) is 22.3 Å². The normalized spacial score (nSPS) is 10.5. The Morgan fingerprint density at radius 3 is 1.81 bits per heavy atom. The highest BCUT2D eigenvalue weighted by atomic mass is 127. The average Bonchev–Trinajstić information content (AvgIpc) is 3.05. The van der Waals surface area contributed by atoms with Crippen LogP contribution in [0.15, 0.2) is 48.5 Å². The minimum absolute atomic E-state index is 0.314. The van der Waals surface area contributed by atoms with Crippen molar-refractivity contribution in [2.45, 2.75) is 6.92 Å². The third kappa shape index (κ3) is 3.95. The van der Waals surface area contributed by atoms with E-state index in [0.29, 0.717) is 12.3 Å². The first kappa shape index (κ1) is 19.3. The number of carbonyl (C=O) groups is 1. The number of methoxy groups -OCH3 is 2. The van der Waals surface area contributed by atoms with Gasteiger partial charge in [-0.1, -0.05) is 24.3 Å². The maximum atomic E-state index is 12.6. The van der Waals surface area contributed by atoms with Gasteiger partial charge in [0.2, 0.25) is 0 Å². The molecule has 27 heavy (non-hydrogen) atoms. The van der Waals surface area contributed by atoms with Crippen LogP contribution in [0.3, 0.4) is 0 Å². The number of carbonyl (C=O) groups excluding carboxylic acids is 1. The van der Waals surface area contributed by atoms with Crippen LogP contribution in [0.1, 0.15) is 17.4 Å². The Kier molecular flexibility index (Phi) is 6.05. The predicted octanol–water partition coefficient (Wildman–Crippen LogP) is 5.15. The molecule has 0 fully saturated rings. The third-order valence-electron chi connectivity index (χ3n) is 4.19. The van der Waals surface area contributed by atoms with Crippen molar-refractivity contribution in [1.82, 2.24) is 4.98 Å². The van der Waals surface area contributed by atoms with E-state index in [9.17, 15) is 4.79 Å². The monoisotopic (exact) mass is 477 g/mol. The van der Waals surface area contributed by atoms with Crippen LogP contribution in [-0.2, 0) is 4.74 Å². The van der Waals surface area contributed by atoms with Crippen LogP contribution in [0.2, 0.25) is 0 Å². The fourth-order valence-corrected chi connectivity index (χ4v) is 3.75. The van der Waals surface area contributed by atoms with Crippen molar-refractivity contribution in [2.24, 2.45) is 0 Å². The molecule has 3 rings (SSSR count). The minimum atomic E-state index is -0.374. The summed E-state index contributed by atoms with van der Waals surface area (Å²) in [7, 11) is 3.26. The molecular formula is C21H20INO4. The number of benzene rings is 2. The van der Waals surface area contributed by atoms with Crippen molar-refractivity contribution >= 4 is 28.6 Å². The van der Waals surface area contributed by atoms with Gasteiger partial charge in [-0.2, -0.15) is 0 Å². The molecule has 0 unspecified atom stereocenters. The molecule has 3 aromatic rings. The van der Waals surface area contributed by atoms with Gasteiger partial charge >= 0.3 is 5.97 Å². The highest BCUT2D eigenvalue weighted by Crippen LogP contribution is 2.40. The molecule has 0 saturated heterocycles. The number of H-pyrrole nitrogens is 1. The zero-order valence-corrected chi connectivity index (χ0v) is 17.5. The quantitative estimate of drug-likeness (QED) is 0.394. The molecule has 0 aliphatic heterocycles. The van der Waals surface area contributed by atoms with Gasteiger partial charge in [0, 0.05) is 11.1 Å². The maximum absolute atomic E-state index is 12.6. The number of nitrogens with one attached hydrogen (secondary N) is 1. The summed E-state index contributed by atoms with van der Waals surface area (Å²) in [6, 6.07) is 15.4. The van der Waals surface area contributed by atoms with Crippen molar-refractivity contribution in [3.63, 3.8) is 0 Å². The zero-order chi connectivity index (χ0) is 19.4. The number of hydrogen-bond donors (Lipinski definition) is 1. The Labute approximate surface area is 171 Å². The van der Waals surface area contributed by atoms with Crippen molar-refractivity contribution in [1.29, 1.82) is 0 Å². The predicted molar refractivity (Wildman–Crippen MR) is 113 cm³/mol.